The Kier molecular flexibility index (Phi) is 7.83. The summed E-state index contributed by atoms with van der Waals surface area (Å²) in [5.74, 6) is -2.80. The van der Waals surface area contributed by atoms with Gasteiger partial charge in [-0.05, 0) is 44.4 Å². The summed E-state index contributed by atoms with van der Waals surface area (Å²) in [6.07, 6.45) is -3.00. The van der Waals surface area contributed by atoms with Gasteiger partial charge in [0.2, 0.25) is 0 Å². The number of methoxy groups -OCH3 is 1. The second-order valence-corrected chi connectivity index (χ2v) is 7.94. The summed E-state index contributed by atoms with van der Waals surface area (Å²) in [6, 6.07) is 8.59. The van der Waals surface area contributed by atoms with E-state index in [1.165, 1.54) is 7.11 Å². The molecule has 0 bridgehead atoms. The molecule has 0 saturated heterocycles. The number of alkyl halides is 3. The number of ether oxygens (including phenoxy) is 3. The zero-order valence-corrected chi connectivity index (χ0v) is 19.4. The molecule has 0 fully saturated rings. The Morgan fingerprint density at radius 3 is 2.49 bits per heavy atom. The molecule has 0 aromatic heterocycles. The van der Waals surface area contributed by atoms with E-state index in [-0.39, 0.29) is 42.0 Å². The molecule has 1 N–H and O–H groups in total. The Labute approximate surface area is 199 Å². The van der Waals surface area contributed by atoms with Crippen molar-refractivity contribution in [3.8, 4) is 11.5 Å². The van der Waals surface area contributed by atoms with Crippen molar-refractivity contribution in [2.45, 2.75) is 45.9 Å². The molecule has 1 aliphatic heterocycles. The van der Waals surface area contributed by atoms with Crippen LogP contribution in [0.3, 0.4) is 0 Å². The van der Waals surface area contributed by atoms with Gasteiger partial charge in [0.1, 0.15) is 18.1 Å². The summed E-state index contributed by atoms with van der Waals surface area (Å²) in [5, 5.41) is 1.84. The molecule has 1 heterocycles. The van der Waals surface area contributed by atoms with Crippen LogP contribution in [0.1, 0.15) is 46.8 Å². The number of carbonyl (C=O) groups is 3. The Morgan fingerprint density at radius 2 is 1.86 bits per heavy atom. The summed E-state index contributed by atoms with van der Waals surface area (Å²) < 4.78 is 54.7. The van der Waals surface area contributed by atoms with Crippen LogP contribution in [0.4, 0.5) is 18.9 Å². The molecule has 10 heteroatoms. The fraction of sp³-hybridized carbons (Fsp3) is 0.320. The largest absolute Gasteiger partial charge is 0.496 e. The predicted molar refractivity (Wildman–Crippen MR) is 120 cm³/mol. The van der Waals surface area contributed by atoms with E-state index in [9.17, 15) is 27.6 Å². The van der Waals surface area contributed by atoms with E-state index < -0.39 is 24.0 Å². The van der Waals surface area contributed by atoms with Gasteiger partial charge in [0.05, 0.1) is 18.4 Å². The van der Waals surface area contributed by atoms with E-state index in [0.717, 1.165) is 5.57 Å². The van der Waals surface area contributed by atoms with E-state index in [1.54, 1.807) is 50.3 Å². The van der Waals surface area contributed by atoms with Gasteiger partial charge in [-0.2, -0.15) is 13.2 Å². The number of allylic oxidation sites excluding steroid dienone is 2. The maximum Gasteiger partial charge on any atom is 0.471 e. The number of amides is 1. The number of para-hydroxylation sites is 1. The highest BCUT2D eigenvalue weighted by Gasteiger charge is 2.41. The van der Waals surface area contributed by atoms with Gasteiger partial charge in [0.25, 0.3) is 0 Å². The lowest BCUT2D eigenvalue weighted by Gasteiger charge is -2.20. The van der Waals surface area contributed by atoms with Gasteiger partial charge in [-0.1, -0.05) is 29.8 Å². The van der Waals surface area contributed by atoms with Gasteiger partial charge in [0.15, 0.2) is 0 Å². The number of nitrogens with one attached hydrogen (secondary N) is 1. The molecule has 0 unspecified atom stereocenters. The molecular weight excluding hydrogens is 467 g/mol. The highest BCUT2D eigenvalue weighted by Crippen LogP contribution is 2.42. The Balaban J connectivity index is 1.85. The number of hydrogen-bond acceptors (Lipinski definition) is 6. The predicted octanol–water partition coefficient (Wildman–Crippen LogP) is 5.05. The highest BCUT2D eigenvalue weighted by molar-refractivity contribution is 6.07. The molecule has 0 spiro atoms. The zero-order valence-electron chi connectivity index (χ0n) is 19.4. The van der Waals surface area contributed by atoms with Crippen LogP contribution >= 0.6 is 0 Å². The lowest BCUT2D eigenvalue weighted by atomic mass is 9.93. The van der Waals surface area contributed by atoms with Gasteiger partial charge in [0, 0.05) is 17.5 Å². The van der Waals surface area contributed by atoms with Gasteiger partial charge in [-0.15, -0.1) is 0 Å². The number of benzene rings is 2. The molecule has 2 aromatic rings. The Morgan fingerprint density at radius 1 is 1.17 bits per heavy atom. The lowest BCUT2D eigenvalue weighted by molar-refractivity contribution is -0.167. The first-order valence-electron chi connectivity index (χ1n) is 10.7. The molecule has 1 aliphatic rings. The molecule has 0 radical (unpaired) electrons. The Bertz CT molecular complexity index is 1170. The first kappa shape index (κ1) is 25.8. The van der Waals surface area contributed by atoms with Crippen LogP contribution in [0.25, 0.3) is 0 Å². The number of anilines is 1. The molecule has 7 nitrogen and oxygen atoms in total. The third-order valence-electron chi connectivity index (χ3n) is 5.53. The summed E-state index contributed by atoms with van der Waals surface area (Å²) >= 11 is 0. The molecule has 0 atom stereocenters. The molecule has 0 aliphatic carbocycles. The van der Waals surface area contributed by atoms with Gasteiger partial charge >= 0.3 is 24.0 Å². The summed E-state index contributed by atoms with van der Waals surface area (Å²) in [5.41, 5.74) is 1.44. The lowest BCUT2D eigenvalue weighted by Crippen LogP contribution is -2.31. The van der Waals surface area contributed by atoms with Crippen LogP contribution in [0.2, 0.25) is 0 Å². The number of fused-ring (bicyclic) bond motifs is 1. The van der Waals surface area contributed by atoms with E-state index in [0.29, 0.717) is 23.3 Å². The van der Waals surface area contributed by atoms with Crippen molar-refractivity contribution in [2.75, 3.05) is 12.4 Å². The molecule has 2 aromatic carbocycles. The molecule has 186 valence electrons. The third kappa shape index (κ3) is 6.00. The maximum absolute atomic E-state index is 13.0. The van der Waals surface area contributed by atoms with Gasteiger partial charge in [-0.3, -0.25) is 9.59 Å². The molecule has 3 rings (SSSR count). The van der Waals surface area contributed by atoms with Crippen molar-refractivity contribution >= 4 is 23.5 Å². The van der Waals surface area contributed by atoms with E-state index in [1.807, 2.05) is 5.32 Å². The minimum atomic E-state index is -5.16. The first-order chi connectivity index (χ1) is 16.5. The van der Waals surface area contributed by atoms with E-state index in [4.69, 9.17) is 14.2 Å². The smallest absolute Gasteiger partial charge is 0.471 e. The number of carbonyl (C=O) groups excluding carboxylic acids is 3. The molecule has 0 saturated carbocycles. The van der Waals surface area contributed by atoms with Crippen LogP contribution in [0.5, 0.6) is 11.5 Å². The van der Waals surface area contributed by atoms with Gasteiger partial charge < -0.3 is 19.5 Å². The average Bonchev–Trinajstić information content (AvgIpc) is 3.20. The van der Waals surface area contributed by atoms with Crippen LogP contribution in [-0.2, 0) is 27.4 Å². The first-order valence-corrected chi connectivity index (χ1v) is 10.7. The summed E-state index contributed by atoms with van der Waals surface area (Å²) in [7, 11) is 1.35. The maximum atomic E-state index is 13.0. The SMILES string of the molecule is COc1c(C)c2c(c(NC(=O)C(F)(F)F)c1C/C=C(\C)CCC(=O)Oc1ccccc1)C(=O)OC2. The standard InChI is InChI=1S/C25H24F3NO6/c1-14(10-12-19(30)35-16-7-5-4-6-8-16)9-11-17-21(29-24(32)25(26,27)28)20-18(13-34-23(20)31)15(2)22(17)33-3/h4-9H,10-13H2,1-3H3,(H,29,32)/b14-9+. The monoisotopic (exact) mass is 491 g/mol. The van der Waals surface area contributed by atoms with Crippen molar-refractivity contribution in [1.82, 2.24) is 0 Å². The minimum absolute atomic E-state index is 0.0393. The normalized spacial score (nSPS) is 13.2. The average molecular weight is 491 g/mol. The second-order valence-electron chi connectivity index (χ2n) is 7.94. The van der Waals surface area contributed by atoms with Crippen molar-refractivity contribution in [3.05, 3.63) is 64.2 Å². The van der Waals surface area contributed by atoms with Crippen molar-refractivity contribution in [2.24, 2.45) is 0 Å². The topological polar surface area (TPSA) is 90.9 Å². The van der Waals surface area contributed by atoms with Crippen molar-refractivity contribution in [3.63, 3.8) is 0 Å². The van der Waals surface area contributed by atoms with E-state index >= 15 is 0 Å². The number of cyclic esters (lactones) is 1. The molecule has 35 heavy (non-hydrogen) atoms. The number of esters is 2. The van der Waals surface area contributed by atoms with Crippen LogP contribution < -0.4 is 14.8 Å². The highest BCUT2D eigenvalue weighted by atomic mass is 19.4. The van der Waals surface area contributed by atoms with Crippen molar-refractivity contribution < 1.29 is 41.8 Å². The summed E-state index contributed by atoms with van der Waals surface area (Å²) in [4.78, 5) is 36.2. The van der Waals surface area contributed by atoms with Crippen LogP contribution in [-0.4, -0.2) is 31.1 Å². The zero-order chi connectivity index (χ0) is 25.8. The quantitative estimate of drug-likeness (QED) is 0.316. The number of rotatable bonds is 8. The van der Waals surface area contributed by atoms with Crippen LogP contribution in [0, 0.1) is 6.92 Å². The third-order valence-corrected chi connectivity index (χ3v) is 5.53. The molecular formula is C25H24F3NO6. The fourth-order valence-electron chi connectivity index (χ4n) is 3.72. The fourth-order valence-corrected chi connectivity index (χ4v) is 3.72. The van der Waals surface area contributed by atoms with Crippen molar-refractivity contribution in [1.29, 1.82) is 0 Å². The Hall–Kier alpha value is -3.82. The second kappa shape index (κ2) is 10.6. The summed E-state index contributed by atoms with van der Waals surface area (Å²) in [6.45, 7) is 3.28. The molecule has 1 amide bonds. The van der Waals surface area contributed by atoms with E-state index in [2.05, 4.69) is 0 Å². The minimum Gasteiger partial charge on any atom is -0.496 e. The number of halogens is 3. The van der Waals surface area contributed by atoms with Gasteiger partial charge in [-0.25, -0.2) is 4.79 Å². The van der Waals surface area contributed by atoms with Crippen LogP contribution in [0.15, 0.2) is 42.0 Å². The number of hydrogen-bond donors (Lipinski definition) is 1.